The molecule has 2 rings (SSSR count). The van der Waals surface area contributed by atoms with Gasteiger partial charge in [0.25, 0.3) is 0 Å². The van der Waals surface area contributed by atoms with Crippen molar-refractivity contribution in [3.8, 4) is 0 Å². The van der Waals surface area contributed by atoms with Gasteiger partial charge in [0.05, 0.1) is 0 Å². The molecule has 4 heteroatoms. The number of rotatable bonds is 4. The first-order valence-corrected chi connectivity index (χ1v) is 9.13. The van der Waals surface area contributed by atoms with Crippen LogP contribution in [0.1, 0.15) is 25.0 Å². The minimum absolute atomic E-state index is 0.308. The third-order valence-corrected chi connectivity index (χ3v) is 7.07. The zero-order valence-electron chi connectivity index (χ0n) is 12.9. The van der Waals surface area contributed by atoms with Gasteiger partial charge in [0, 0.05) is 0 Å². The van der Waals surface area contributed by atoms with Crippen LogP contribution < -0.4 is 10.6 Å². The van der Waals surface area contributed by atoms with E-state index in [4.69, 9.17) is 4.52 Å². The van der Waals surface area contributed by atoms with Crippen molar-refractivity contribution in [1.82, 2.24) is 0 Å². The first-order valence-electron chi connectivity index (χ1n) is 7.07. The molecule has 0 amide bonds. The zero-order valence-corrected chi connectivity index (χ0v) is 13.8. The average molecular weight is 306 g/mol. The molecule has 0 bridgehead atoms. The first-order chi connectivity index (χ1) is 9.74. The normalized spacial score (nSPS) is 14.0. The third-order valence-electron chi connectivity index (χ3n) is 3.51. The van der Waals surface area contributed by atoms with Crippen molar-refractivity contribution in [2.24, 2.45) is 0 Å². The van der Waals surface area contributed by atoms with Crippen LogP contribution in [0.2, 0.25) is 0 Å². The van der Waals surface area contributed by atoms with E-state index in [9.17, 15) is 9.79 Å². The second-order valence-electron chi connectivity index (χ2n) is 5.67. The summed E-state index contributed by atoms with van der Waals surface area (Å²) in [6, 6.07) is 14.6. The van der Waals surface area contributed by atoms with E-state index >= 15 is 0 Å². The van der Waals surface area contributed by atoms with Crippen molar-refractivity contribution < 1.29 is 14.3 Å². The fourth-order valence-corrected chi connectivity index (χ4v) is 6.09. The van der Waals surface area contributed by atoms with Crippen LogP contribution >= 0.6 is 7.28 Å². The van der Waals surface area contributed by atoms with E-state index < -0.39 is 7.28 Å². The monoisotopic (exact) mass is 306 g/mol. The number of benzene rings is 2. The molecular formula is C17H23O3P. The Hall–Kier alpha value is -1.25. The summed E-state index contributed by atoms with van der Waals surface area (Å²) in [5.41, 5.74) is 1.62. The molecule has 2 aromatic carbocycles. The Morgan fingerprint density at radius 3 is 1.52 bits per heavy atom. The van der Waals surface area contributed by atoms with E-state index in [2.05, 4.69) is 0 Å². The zero-order chi connectivity index (χ0) is 15.7. The van der Waals surface area contributed by atoms with Gasteiger partial charge >= 0.3 is 126 Å². The predicted molar refractivity (Wildman–Crippen MR) is 89.2 cm³/mol. The summed E-state index contributed by atoms with van der Waals surface area (Å²) >= 11 is 0. The number of hydrogen-bond donors (Lipinski definition) is 2. The molecule has 114 valence electrons. The summed E-state index contributed by atoms with van der Waals surface area (Å²) < 4.78 is 5.80. The predicted octanol–water partition coefficient (Wildman–Crippen LogP) is 2.96. The Kier molecular flexibility index (Phi) is 4.23. The van der Waals surface area contributed by atoms with E-state index in [-0.39, 0.29) is 6.10 Å². The first kappa shape index (κ1) is 16.1. The van der Waals surface area contributed by atoms with E-state index in [1.165, 1.54) is 0 Å². The van der Waals surface area contributed by atoms with Crippen molar-refractivity contribution in [2.75, 3.05) is 0 Å². The molecule has 0 spiro atoms. The molecule has 3 nitrogen and oxygen atoms in total. The maximum atomic E-state index is 11.4. The van der Waals surface area contributed by atoms with Gasteiger partial charge in [-0.15, -0.1) is 0 Å². The van der Waals surface area contributed by atoms with E-state index in [1.807, 2.05) is 52.0 Å². The van der Waals surface area contributed by atoms with Crippen LogP contribution in [0.15, 0.2) is 48.5 Å². The summed E-state index contributed by atoms with van der Waals surface area (Å²) in [5.74, 6) is 0. The molecule has 0 radical (unpaired) electrons. The molecule has 0 saturated heterocycles. The summed E-state index contributed by atoms with van der Waals surface area (Å²) in [4.78, 5) is 22.8. The van der Waals surface area contributed by atoms with Crippen molar-refractivity contribution in [3.63, 3.8) is 0 Å². The minimum atomic E-state index is -4.65. The molecule has 0 saturated carbocycles. The van der Waals surface area contributed by atoms with Crippen LogP contribution in [0.3, 0.4) is 0 Å². The van der Waals surface area contributed by atoms with Crippen LogP contribution in [-0.4, -0.2) is 15.9 Å². The van der Waals surface area contributed by atoms with Gasteiger partial charge in [-0.05, 0) is 0 Å². The van der Waals surface area contributed by atoms with Gasteiger partial charge in [-0.1, -0.05) is 0 Å². The molecule has 0 aliphatic heterocycles. The van der Waals surface area contributed by atoms with Crippen molar-refractivity contribution in [3.05, 3.63) is 59.7 Å². The van der Waals surface area contributed by atoms with Crippen molar-refractivity contribution in [1.29, 1.82) is 0 Å². The van der Waals surface area contributed by atoms with Crippen LogP contribution in [0.4, 0.5) is 0 Å². The van der Waals surface area contributed by atoms with Gasteiger partial charge in [0.1, 0.15) is 0 Å². The van der Waals surface area contributed by atoms with Gasteiger partial charge in [-0.25, -0.2) is 0 Å². The molecule has 0 aromatic heterocycles. The van der Waals surface area contributed by atoms with Crippen LogP contribution in [-0.2, 0) is 4.52 Å². The van der Waals surface area contributed by atoms with Gasteiger partial charge in [0.2, 0.25) is 0 Å². The second-order valence-corrected chi connectivity index (χ2v) is 8.74. The summed E-state index contributed by atoms with van der Waals surface area (Å²) in [7, 11) is -4.65. The van der Waals surface area contributed by atoms with Gasteiger partial charge < -0.3 is 0 Å². The molecule has 21 heavy (non-hydrogen) atoms. The number of hydrogen-bond acceptors (Lipinski definition) is 3. The Morgan fingerprint density at radius 2 is 1.19 bits per heavy atom. The van der Waals surface area contributed by atoms with E-state index in [0.29, 0.717) is 10.6 Å². The van der Waals surface area contributed by atoms with Crippen LogP contribution in [0.5, 0.6) is 0 Å². The Morgan fingerprint density at radius 1 is 0.810 bits per heavy atom. The van der Waals surface area contributed by atoms with Crippen molar-refractivity contribution >= 4 is 17.9 Å². The van der Waals surface area contributed by atoms with Crippen molar-refractivity contribution in [2.45, 2.75) is 33.8 Å². The standard InChI is InChI=1S/C17H23O3P/c1-13(2)20-21(18,19,16-11-7-5-9-14(16)3)17-12-8-6-10-15(17)4/h5-13,18-19H,1-4H3. The Balaban J connectivity index is 2.79. The molecule has 2 N–H and O–H groups in total. The third kappa shape index (κ3) is 2.88. The van der Waals surface area contributed by atoms with Crippen LogP contribution in [0, 0.1) is 13.8 Å². The van der Waals surface area contributed by atoms with E-state index in [0.717, 1.165) is 11.1 Å². The molecular weight excluding hydrogens is 283 g/mol. The second kappa shape index (κ2) is 5.51. The molecule has 0 aliphatic rings. The van der Waals surface area contributed by atoms with Crippen LogP contribution in [0.25, 0.3) is 0 Å². The fraction of sp³-hybridized carbons (Fsp3) is 0.294. The Bertz CT molecular complexity index is 600. The quantitative estimate of drug-likeness (QED) is 0.854. The molecule has 0 aliphatic carbocycles. The molecule has 0 unspecified atom stereocenters. The molecule has 0 heterocycles. The molecule has 0 atom stereocenters. The number of aryl methyl sites for hydroxylation is 2. The maximum absolute atomic E-state index is 11.4. The SMILES string of the molecule is Cc1ccccc1P(O)(O)(OC(C)C)c1ccccc1C. The summed E-state index contributed by atoms with van der Waals surface area (Å²) in [6.45, 7) is 7.35. The Labute approximate surface area is 126 Å². The summed E-state index contributed by atoms with van der Waals surface area (Å²) in [5, 5.41) is 0.929. The average Bonchev–Trinajstić information content (AvgIpc) is 2.38. The van der Waals surface area contributed by atoms with Gasteiger partial charge in [0.15, 0.2) is 0 Å². The van der Waals surface area contributed by atoms with Gasteiger partial charge in [-0.2, -0.15) is 0 Å². The van der Waals surface area contributed by atoms with Gasteiger partial charge in [-0.3, -0.25) is 0 Å². The molecule has 2 aromatic rings. The molecule has 0 fully saturated rings. The van der Waals surface area contributed by atoms with E-state index in [1.54, 1.807) is 24.3 Å². The topological polar surface area (TPSA) is 49.7 Å². The fourth-order valence-electron chi connectivity index (χ4n) is 2.67. The summed E-state index contributed by atoms with van der Waals surface area (Å²) in [6.07, 6.45) is -0.308.